The Labute approximate surface area is 139 Å². The fourth-order valence-corrected chi connectivity index (χ4v) is 2.75. The van der Waals surface area contributed by atoms with Crippen LogP contribution >= 0.6 is 0 Å². The minimum absolute atomic E-state index is 0.106. The Bertz CT molecular complexity index is 746. The molecule has 0 unspecified atom stereocenters. The quantitative estimate of drug-likeness (QED) is 0.872. The van der Waals surface area contributed by atoms with Gasteiger partial charge in [0.15, 0.2) is 0 Å². The molecule has 1 fully saturated rings. The maximum absolute atomic E-state index is 12.1. The highest BCUT2D eigenvalue weighted by Crippen LogP contribution is 2.15. The Morgan fingerprint density at radius 3 is 2.71 bits per heavy atom. The molecule has 0 radical (unpaired) electrons. The Morgan fingerprint density at radius 2 is 2.12 bits per heavy atom. The van der Waals surface area contributed by atoms with Gasteiger partial charge in [0.05, 0.1) is 23.7 Å². The van der Waals surface area contributed by atoms with E-state index in [2.05, 4.69) is 10.4 Å². The summed E-state index contributed by atoms with van der Waals surface area (Å²) < 4.78 is 7.02. The average molecular weight is 329 g/mol. The monoisotopic (exact) mass is 329 g/mol. The van der Waals surface area contributed by atoms with Gasteiger partial charge in [-0.3, -0.25) is 4.79 Å². The van der Waals surface area contributed by atoms with Crippen molar-refractivity contribution in [1.29, 1.82) is 0 Å². The number of hydrogen-bond donors (Lipinski definition) is 2. The number of rotatable bonds is 5. The second kappa shape index (κ2) is 6.84. The Balaban J connectivity index is 1.68. The normalized spacial score (nSPS) is 17.0. The first-order chi connectivity index (χ1) is 11.6. The second-order valence-electron chi connectivity index (χ2n) is 5.75. The molecular weight excluding hydrogens is 310 g/mol. The van der Waals surface area contributed by atoms with E-state index in [1.807, 2.05) is 0 Å². The van der Waals surface area contributed by atoms with Gasteiger partial charge in [0, 0.05) is 18.7 Å². The second-order valence-corrected chi connectivity index (χ2v) is 5.75. The summed E-state index contributed by atoms with van der Waals surface area (Å²) in [5.41, 5.74) is 1.95. The van der Waals surface area contributed by atoms with Gasteiger partial charge in [0.2, 0.25) is 0 Å². The number of amides is 1. The van der Waals surface area contributed by atoms with Crippen molar-refractivity contribution in [2.24, 2.45) is 0 Å². The van der Waals surface area contributed by atoms with E-state index >= 15 is 0 Å². The third kappa shape index (κ3) is 3.30. The smallest absolute Gasteiger partial charge is 0.339 e. The fourth-order valence-electron chi connectivity index (χ4n) is 2.75. The zero-order chi connectivity index (χ0) is 17.1. The van der Waals surface area contributed by atoms with Crippen LogP contribution in [0.25, 0.3) is 5.69 Å². The summed E-state index contributed by atoms with van der Waals surface area (Å²) in [5.74, 6) is -1.16. The molecule has 0 bridgehead atoms. The number of nitrogens with zero attached hydrogens (tertiary/aromatic N) is 2. The van der Waals surface area contributed by atoms with Crippen LogP contribution in [0, 0.1) is 6.92 Å². The maximum atomic E-state index is 12.1. The Kier molecular flexibility index (Phi) is 4.61. The first kappa shape index (κ1) is 16.2. The van der Waals surface area contributed by atoms with Crippen molar-refractivity contribution in [1.82, 2.24) is 15.1 Å². The molecule has 1 atom stereocenters. The molecule has 7 nitrogen and oxygen atoms in total. The summed E-state index contributed by atoms with van der Waals surface area (Å²) in [5, 5.41) is 16.0. The summed E-state index contributed by atoms with van der Waals surface area (Å²) in [6, 6.07) is 6.88. The SMILES string of the molecule is Cc1c(C(=O)O)cnn1-c1ccc(C(=O)NC[C@@H]2CCCO2)cc1. The van der Waals surface area contributed by atoms with Gasteiger partial charge < -0.3 is 15.2 Å². The molecule has 1 aromatic heterocycles. The molecule has 3 rings (SSSR count). The molecular formula is C17H19N3O4. The highest BCUT2D eigenvalue weighted by atomic mass is 16.5. The van der Waals surface area contributed by atoms with Crippen LogP contribution in [0.5, 0.6) is 0 Å². The largest absolute Gasteiger partial charge is 0.478 e. The Morgan fingerprint density at radius 1 is 1.38 bits per heavy atom. The minimum atomic E-state index is -1.01. The number of ether oxygens (including phenoxy) is 1. The van der Waals surface area contributed by atoms with Crippen molar-refractivity contribution in [3.05, 3.63) is 47.3 Å². The van der Waals surface area contributed by atoms with E-state index < -0.39 is 5.97 Å². The van der Waals surface area contributed by atoms with E-state index in [0.717, 1.165) is 19.4 Å². The molecule has 2 N–H and O–H groups in total. The summed E-state index contributed by atoms with van der Waals surface area (Å²) in [6.45, 7) is 2.97. The molecule has 1 aromatic carbocycles. The highest BCUT2D eigenvalue weighted by Gasteiger charge is 2.17. The summed E-state index contributed by atoms with van der Waals surface area (Å²) in [6.07, 6.45) is 3.44. The summed E-state index contributed by atoms with van der Waals surface area (Å²) >= 11 is 0. The van der Waals surface area contributed by atoms with Gasteiger partial charge in [-0.05, 0) is 44.0 Å². The molecule has 2 heterocycles. The number of benzene rings is 1. The molecule has 7 heteroatoms. The number of aromatic carboxylic acids is 1. The van der Waals surface area contributed by atoms with Crippen LogP contribution in [0.2, 0.25) is 0 Å². The number of carbonyl (C=O) groups excluding carboxylic acids is 1. The van der Waals surface area contributed by atoms with Crippen molar-refractivity contribution >= 4 is 11.9 Å². The van der Waals surface area contributed by atoms with Crippen LogP contribution in [-0.4, -0.2) is 46.0 Å². The van der Waals surface area contributed by atoms with E-state index in [1.165, 1.54) is 10.9 Å². The van der Waals surface area contributed by atoms with Crippen molar-refractivity contribution in [2.45, 2.75) is 25.9 Å². The lowest BCUT2D eigenvalue weighted by Crippen LogP contribution is -2.31. The molecule has 1 aliphatic heterocycles. The maximum Gasteiger partial charge on any atom is 0.339 e. The number of nitrogens with one attached hydrogen (secondary N) is 1. The number of carboxylic acid groups (broad SMARTS) is 1. The molecule has 1 saturated heterocycles. The third-order valence-electron chi connectivity index (χ3n) is 4.13. The van der Waals surface area contributed by atoms with Gasteiger partial charge in [-0.1, -0.05) is 0 Å². The third-order valence-corrected chi connectivity index (χ3v) is 4.13. The molecule has 0 aliphatic carbocycles. The van der Waals surface area contributed by atoms with E-state index in [-0.39, 0.29) is 17.6 Å². The van der Waals surface area contributed by atoms with Gasteiger partial charge in [0.1, 0.15) is 5.56 Å². The zero-order valence-electron chi connectivity index (χ0n) is 13.4. The number of carbonyl (C=O) groups is 2. The fraction of sp³-hybridized carbons (Fsp3) is 0.353. The van der Waals surface area contributed by atoms with Crippen LogP contribution in [-0.2, 0) is 4.74 Å². The summed E-state index contributed by atoms with van der Waals surface area (Å²) in [4.78, 5) is 23.2. The van der Waals surface area contributed by atoms with Gasteiger partial charge in [-0.2, -0.15) is 5.10 Å². The van der Waals surface area contributed by atoms with Gasteiger partial charge in [-0.25, -0.2) is 9.48 Å². The molecule has 1 aliphatic rings. The predicted molar refractivity (Wildman–Crippen MR) is 86.6 cm³/mol. The van der Waals surface area contributed by atoms with E-state index in [4.69, 9.17) is 9.84 Å². The van der Waals surface area contributed by atoms with Crippen LogP contribution in [0.1, 0.15) is 39.3 Å². The molecule has 0 spiro atoms. The first-order valence-corrected chi connectivity index (χ1v) is 7.84. The Hall–Kier alpha value is -2.67. The van der Waals surface area contributed by atoms with Crippen LogP contribution in [0.3, 0.4) is 0 Å². The van der Waals surface area contributed by atoms with Crippen molar-refractivity contribution in [2.75, 3.05) is 13.2 Å². The van der Waals surface area contributed by atoms with Crippen molar-refractivity contribution in [3.8, 4) is 5.69 Å². The lowest BCUT2D eigenvalue weighted by Gasteiger charge is -2.11. The summed E-state index contributed by atoms with van der Waals surface area (Å²) in [7, 11) is 0. The zero-order valence-corrected chi connectivity index (χ0v) is 13.4. The van der Waals surface area contributed by atoms with Crippen LogP contribution in [0.15, 0.2) is 30.5 Å². The standard InChI is InChI=1S/C17H19N3O4/c1-11-15(17(22)23)10-19-20(11)13-6-4-12(5-7-13)16(21)18-9-14-3-2-8-24-14/h4-7,10,14H,2-3,8-9H2,1H3,(H,18,21)(H,22,23)/t14-/m0/s1. The number of aromatic nitrogens is 2. The van der Waals surface area contributed by atoms with Crippen LogP contribution < -0.4 is 5.32 Å². The predicted octanol–water partition coefficient (Wildman–Crippen LogP) is 1.79. The molecule has 0 saturated carbocycles. The van der Waals surface area contributed by atoms with Crippen molar-refractivity contribution in [3.63, 3.8) is 0 Å². The van der Waals surface area contributed by atoms with E-state index in [0.29, 0.717) is 23.5 Å². The van der Waals surface area contributed by atoms with Gasteiger partial charge >= 0.3 is 5.97 Å². The highest BCUT2D eigenvalue weighted by molar-refractivity contribution is 5.94. The first-order valence-electron chi connectivity index (χ1n) is 7.84. The number of carboxylic acids is 1. The molecule has 2 aromatic rings. The lowest BCUT2D eigenvalue weighted by molar-refractivity contribution is 0.0695. The van der Waals surface area contributed by atoms with Crippen molar-refractivity contribution < 1.29 is 19.4 Å². The molecule has 126 valence electrons. The van der Waals surface area contributed by atoms with E-state index in [1.54, 1.807) is 31.2 Å². The van der Waals surface area contributed by atoms with Gasteiger partial charge in [0.25, 0.3) is 5.91 Å². The molecule has 1 amide bonds. The topological polar surface area (TPSA) is 93.5 Å². The average Bonchev–Trinajstić information content (AvgIpc) is 3.22. The van der Waals surface area contributed by atoms with E-state index in [9.17, 15) is 9.59 Å². The molecule has 24 heavy (non-hydrogen) atoms. The van der Waals surface area contributed by atoms with Gasteiger partial charge in [-0.15, -0.1) is 0 Å². The lowest BCUT2D eigenvalue weighted by atomic mass is 10.1. The minimum Gasteiger partial charge on any atom is -0.478 e. The van der Waals surface area contributed by atoms with Crippen LogP contribution in [0.4, 0.5) is 0 Å². The number of hydrogen-bond acceptors (Lipinski definition) is 4.